The van der Waals surface area contributed by atoms with E-state index < -0.39 is 15.5 Å². The largest absolute Gasteiger partial charge is 0.497 e. The van der Waals surface area contributed by atoms with Crippen molar-refractivity contribution in [2.75, 3.05) is 7.11 Å². The lowest BCUT2D eigenvalue weighted by atomic mass is 10.1. The molecule has 0 saturated heterocycles. The molecule has 35 heavy (non-hydrogen) atoms. The Morgan fingerprint density at radius 3 is 2.31 bits per heavy atom. The van der Waals surface area contributed by atoms with Gasteiger partial charge in [0.05, 0.1) is 12.5 Å². The zero-order valence-electron chi connectivity index (χ0n) is 19.1. The highest BCUT2D eigenvalue weighted by Gasteiger charge is 2.25. The molecule has 5 aromatic rings. The average molecular weight is 487 g/mol. The van der Waals surface area contributed by atoms with E-state index in [2.05, 4.69) is 0 Å². The fourth-order valence-electron chi connectivity index (χ4n) is 3.93. The molecule has 1 heterocycles. The summed E-state index contributed by atoms with van der Waals surface area (Å²) in [5.74, 6) is 0.249. The van der Waals surface area contributed by atoms with E-state index in [-0.39, 0.29) is 21.8 Å². The minimum absolute atomic E-state index is 0.0266. The Kier molecular flexibility index (Phi) is 5.78. The second-order valence-electron chi connectivity index (χ2n) is 8.05. The van der Waals surface area contributed by atoms with E-state index >= 15 is 0 Å². The van der Waals surface area contributed by atoms with E-state index in [1.54, 1.807) is 49.6 Å². The molecule has 0 unspecified atom stereocenters. The normalized spacial score (nSPS) is 11.6. The van der Waals surface area contributed by atoms with Crippen LogP contribution in [0.4, 0.5) is 0 Å². The highest BCUT2D eigenvalue weighted by molar-refractivity contribution is 7.87. The second kappa shape index (κ2) is 8.92. The first-order valence-corrected chi connectivity index (χ1v) is 12.5. The van der Waals surface area contributed by atoms with Gasteiger partial charge >= 0.3 is 10.1 Å². The summed E-state index contributed by atoms with van der Waals surface area (Å²) in [6, 6.07) is 24.1. The van der Waals surface area contributed by atoms with E-state index in [1.807, 2.05) is 37.3 Å². The first-order valence-electron chi connectivity index (χ1n) is 11.1. The van der Waals surface area contributed by atoms with Crippen molar-refractivity contribution in [3.63, 3.8) is 0 Å². The molecule has 1 aromatic heterocycles. The van der Waals surface area contributed by atoms with E-state index in [0.717, 1.165) is 16.3 Å². The Morgan fingerprint density at radius 2 is 1.60 bits per heavy atom. The molecule has 0 aliphatic heterocycles. The predicted molar refractivity (Wildman–Crippen MR) is 136 cm³/mol. The summed E-state index contributed by atoms with van der Waals surface area (Å²) >= 11 is 0. The van der Waals surface area contributed by atoms with E-state index in [9.17, 15) is 13.2 Å². The molecular formula is C28H22O6S. The highest BCUT2D eigenvalue weighted by atomic mass is 32.2. The third-order valence-electron chi connectivity index (χ3n) is 5.88. The summed E-state index contributed by atoms with van der Waals surface area (Å²) in [5, 5.41) is 1.89. The molecular weight excluding hydrogens is 464 g/mol. The second-order valence-corrected chi connectivity index (χ2v) is 9.59. The van der Waals surface area contributed by atoms with Crippen LogP contribution in [0.1, 0.15) is 12.5 Å². The summed E-state index contributed by atoms with van der Waals surface area (Å²) in [6.07, 6.45) is 0.710. The smallest absolute Gasteiger partial charge is 0.339 e. The van der Waals surface area contributed by atoms with Gasteiger partial charge < -0.3 is 13.3 Å². The fourth-order valence-corrected chi connectivity index (χ4v) is 4.91. The van der Waals surface area contributed by atoms with Gasteiger partial charge in [0.1, 0.15) is 16.2 Å². The highest BCUT2D eigenvalue weighted by Crippen LogP contribution is 2.34. The molecule has 5 rings (SSSR count). The number of hydrogen-bond donors (Lipinski definition) is 0. The molecule has 0 fully saturated rings. The summed E-state index contributed by atoms with van der Waals surface area (Å²) in [4.78, 5) is 13.5. The molecule has 0 aliphatic rings. The van der Waals surface area contributed by atoms with Crippen LogP contribution in [0.2, 0.25) is 0 Å². The van der Waals surface area contributed by atoms with Crippen LogP contribution in [0.3, 0.4) is 0 Å². The van der Waals surface area contributed by atoms with Gasteiger partial charge in [0, 0.05) is 5.56 Å². The number of fused-ring (bicyclic) bond motifs is 2. The van der Waals surface area contributed by atoms with Crippen LogP contribution < -0.4 is 14.3 Å². The molecule has 0 spiro atoms. The van der Waals surface area contributed by atoms with Crippen LogP contribution in [0.5, 0.6) is 11.5 Å². The maximum atomic E-state index is 13.6. The molecule has 7 heteroatoms. The van der Waals surface area contributed by atoms with E-state index in [4.69, 9.17) is 13.3 Å². The first kappa shape index (κ1) is 22.7. The van der Waals surface area contributed by atoms with Gasteiger partial charge in [-0.3, -0.25) is 4.79 Å². The Balaban J connectivity index is 1.70. The van der Waals surface area contributed by atoms with Crippen LogP contribution in [-0.2, 0) is 16.5 Å². The summed E-state index contributed by atoms with van der Waals surface area (Å²) in [7, 11) is -2.80. The Labute approximate surface area is 202 Å². The SMILES string of the molecule is CCc1ccc2oc(-c3ccc(OC)cc3)c(OS(=O)(=O)c3ccc4ccccc4c3)c(=O)c2c1. The van der Waals surface area contributed by atoms with Gasteiger partial charge in [-0.25, -0.2) is 0 Å². The molecule has 6 nitrogen and oxygen atoms in total. The van der Waals surface area contributed by atoms with Gasteiger partial charge in [-0.1, -0.05) is 43.3 Å². The molecule has 176 valence electrons. The van der Waals surface area contributed by atoms with Crippen molar-refractivity contribution in [1.29, 1.82) is 0 Å². The third kappa shape index (κ3) is 4.26. The number of benzene rings is 4. The van der Waals surface area contributed by atoms with E-state index in [1.165, 1.54) is 12.1 Å². The number of rotatable bonds is 6. The number of methoxy groups -OCH3 is 1. The lowest BCUT2D eigenvalue weighted by Gasteiger charge is -2.13. The zero-order chi connectivity index (χ0) is 24.6. The van der Waals surface area contributed by atoms with Crippen molar-refractivity contribution in [1.82, 2.24) is 0 Å². The lowest BCUT2D eigenvalue weighted by Crippen LogP contribution is -2.17. The maximum Gasteiger partial charge on any atom is 0.339 e. The van der Waals surface area contributed by atoms with Crippen LogP contribution >= 0.6 is 0 Å². The Hall–Kier alpha value is -4.10. The molecule has 0 aliphatic carbocycles. The Morgan fingerprint density at radius 1 is 0.857 bits per heavy atom. The van der Waals surface area contributed by atoms with Crippen LogP contribution in [0.15, 0.2) is 99.0 Å². The maximum absolute atomic E-state index is 13.6. The van der Waals surface area contributed by atoms with Crippen molar-refractivity contribution in [3.8, 4) is 22.8 Å². The monoisotopic (exact) mass is 486 g/mol. The van der Waals surface area contributed by atoms with Crippen molar-refractivity contribution >= 4 is 31.9 Å². The molecule has 0 amide bonds. The molecule has 0 bridgehead atoms. The third-order valence-corrected chi connectivity index (χ3v) is 7.09. The quantitative estimate of drug-likeness (QED) is 0.276. The topological polar surface area (TPSA) is 82.8 Å². The average Bonchev–Trinajstić information content (AvgIpc) is 2.89. The minimum atomic E-state index is -4.34. The van der Waals surface area contributed by atoms with Crippen LogP contribution in [0.25, 0.3) is 33.1 Å². The van der Waals surface area contributed by atoms with Gasteiger partial charge in [-0.2, -0.15) is 8.42 Å². The predicted octanol–water partition coefficient (Wildman–Crippen LogP) is 5.95. The van der Waals surface area contributed by atoms with E-state index in [0.29, 0.717) is 23.3 Å². The lowest BCUT2D eigenvalue weighted by molar-refractivity contribution is 0.415. The van der Waals surface area contributed by atoms with Crippen LogP contribution in [-0.4, -0.2) is 15.5 Å². The zero-order valence-corrected chi connectivity index (χ0v) is 20.0. The number of ether oxygens (including phenoxy) is 1. The minimum Gasteiger partial charge on any atom is -0.497 e. The van der Waals surface area contributed by atoms with Crippen molar-refractivity contribution in [2.24, 2.45) is 0 Å². The van der Waals surface area contributed by atoms with Crippen molar-refractivity contribution in [3.05, 3.63) is 101 Å². The van der Waals surface area contributed by atoms with Crippen LogP contribution in [0, 0.1) is 0 Å². The summed E-state index contributed by atoms with van der Waals surface area (Å²) < 4.78 is 43.4. The molecule has 0 saturated carbocycles. The summed E-state index contributed by atoms with van der Waals surface area (Å²) in [6.45, 7) is 1.97. The number of aryl methyl sites for hydroxylation is 1. The van der Waals surface area contributed by atoms with Gasteiger partial charge in [-0.05, 0) is 71.3 Å². The van der Waals surface area contributed by atoms with Crippen molar-refractivity contribution < 1.29 is 21.8 Å². The first-order chi connectivity index (χ1) is 16.9. The molecule has 0 N–H and O–H groups in total. The van der Waals surface area contributed by atoms with Gasteiger partial charge in [0.2, 0.25) is 11.2 Å². The molecule has 0 radical (unpaired) electrons. The standard InChI is InChI=1S/C28H22O6S/c1-3-18-8-15-25-24(16-18)26(29)28(27(33-25)20-9-12-22(32-2)13-10-20)34-35(30,31)23-14-11-19-6-4-5-7-21(19)17-23/h4-17H,3H2,1-2H3. The number of hydrogen-bond acceptors (Lipinski definition) is 6. The molecule has 0 atom stereocenters. The Bertz CT molecular complexity index is 1720. The van der Waals surface area contributed by atoms with Gasteiger partial charge in [0.25, 0.3) is 0 Å². The van der Waals surface area contributed by atoms with Crippen molar-refractivity contribution in [2.45, 2.75) is 18.2 Å². The molecule has 4 aromatic carbocycles. The summed E-state index contributed by atoms with van der Waals surface area (Å²) in [5.41, 5.74) is 1.18. The fraction of sp³-hybridized carbons (Fsp3) is 0.107. The van der Waals surface area contributed by atoms with Gasteiger partial charge in [-0.15, -0.1) is 0 Å². The van der Waals surface area contributed by atoms with Gasteiger partial charge in [0.15, 0.2) is 5.76 Å².